The van der Waals surface area contributed by atoms with Gasteiger partial charge in [-0.3, -0.25) is 4.79 Å². The van der Waals surface area contributed by atoms with Crippen molar-refractivity contribution in [2.75, 3.05) is 5.32 Å². The standard InChI is InChI=1S/C16H14ClNOS/c1-12-7-8-13(11-15(12)17)18-16(19)9-10-20-14-5-3-2-4-6-14/h2-11H,1H3,(H,18,19). The van der Waals surface area contributed by atoms with E-state index in [0.717, 1.165) is 10.5 Å². The molecule has 0 aliphatic heterocycles. The minimum atomic E-state index is -0.173. The Morgan fingerprint density at radius 1 is 1.20 bits per heavy atom. The van der Waals surface area contributed by atoms with Crippen molar-refractivity contribution in [3.8, 4) is 0 Å². The van der Waals surface area contributed by atoms with Crippen molar-refractivity contribution in [3.05, 3.63) is 70.6 Å². The molecule has 0 aromatic heterocycles. The SMILES string of the molecule is Cc1ccc(NC(=O)C=CSc2ccccc2)cc1Cl. The average Bonchev–Trinajstić information content (AvgIpc) is 2.44. The number of halogens is 1. The van der Waals surface area contributed by atoms with E-state index in [4.69, 9.17) is 11.6 Å². The van der Waals surface area contributed by atoms with Gasteiger partial charge in [0.1, 0.15) is 0 Å². The van der Waals surface area contributed by atoms with E-state index in [1.165, 1.54) is 17.8 Å². The molecule has 0 bridgehead atoms. The smallest absolute Gasteiger partial charge is 0.248 e. The Morgan fingerprint density at radius 3 is 2.65 bits per heavy atom. The fourth-order valence-electron chi connectivity index (χ4n) is 1.53. The number of nitrogens with one attached hydrogen (secondary N) is 1. The topological polar surface area (TPSA) is 29.1 Å². The van der Waals surface area contributed by atoms with Gasteiger partial charge in [-0.15, -0.1) is 0 Å². The quantitative estimate of drug-likeness (QED) is 0.643. The second-order valence-corrected chi connectivity index (χ2v) is 5.57. The zero-order chi connectivity index (χ0) is 14.4. The second kappa shape index (κ2) is 7.17. The molecule has 2 nitrogen and oxygen atoms in total. The van der Waals surface area contributed by atoms with E-state index in [0.29, 0.717) is 10.7 Å². The maximum absolute atomic E-state index is 11.7. The van der Waals surface area contributed by atoms with E-state index >= 15 is 0 Å². The van der Waals surface area contributed by atoms with E-state index in [1.807, 2.05) is 49.4 Å². The summed E-state index contributed by atoms with van der Waals surface area (Å²) in [6.07, 6.45) is 1.51. The van der Waals surface area contributed by atoms with Crippen LogP contribution in [0.3, 0.4) is 0 Å². The summed E-state index contributed by atoms with van der Waals surface area (Å²) in [6, 6.07) is 15.3. The molecule has 2 aromatic rings. The first-order chi connectivity index (χ1) is 9.65. The van der Waals surface area contributed by atoms with Crippen LogP contribution in [-0.4, -0.2) is 5.91 Å². The number of rotatable bonds is 4. The van der Waals surface area contributed by atoms with Gasteiger partial charge in [0.2, 0.25) is 5.91 Å². The van der Waals surface area contributed by atoms with Crippen molar-refractivity contribution in [2.24, 2.45) is 0 Å². The molecular weight excluding hydrogens is 290 g/mol. The predicted molar refractivity (Wildman–Crippen MR) is 86.3 cm³/mol. The van der Waals surface area contributed by atoms with E-state index in [9.17, 15) is 4.79 Å². The molecule has 0 spiro atoms. The van der Waals surface area contributed by atoms with Crippen LogP contribution in [0.15, 0.2) is 64.9 Å². The number of benzene rings is 2. The van der Waals surface area contributed by atoms with E-state index in [1.54, 1.807) is 11.5 Å². The first-order valence-electron chi connectivity index (χ1n) is 6.10. The molecule has 0 heterocycles. The van der Waals surface area contributed by atoms with Crippen molar-refractivity contribution < 1.29 is 4.79 Å². The Hall–Kier alpha value is -1.71. The Labute approximate surface area is 127 Å². The molecular formula is C16H14ClNOS. The molecule has 0 saturated heterocycles. The number of thioether (sulfide) groups is 1. The molecule has 0 saturated carbocycles. The summed E-state index contributed by atoms with van der Waals surface area (Å²) in [4.78, 5) is 12.8. The maximum atomic E-state index is 11.7. The summed E-state index contributed by atoms with van der Waals surface area (Å²) in [5.74, 6) is -0.173. The van der Waals surface area contributed by atoms with Crippen LogP contribution >= 0.6 is 23.4 Å². The van der Waals surface area contributed by atoms with Gasteiger partial charge in [-0.2, -0.15) is 0 Å². The summed E-state index contributed by atoms with van der Waals surface area (Å²) < 4.78 is 0. The van der Waals surface area contributed by atoms with Crippen LogP contribution < -0.4 is 5.32 Å². The summed E-state index contributed by atoms with van der Waals surface area (Å²) >= 11 is 7.51. The van der Waals surface area contributed by atoms with Gasteiger partial charge in [0, 0.05) is 21.7 Å². The number of hydrogen-bond donors (Lipinski definition) is 1. The lowest BCUT2D eigenvalue weighted by atomic mass is 10.2. The van der Waals surface area contributed by atoms with Crippen molar-refractivity contribution in [3.63, 3.8) is 0 Å². The third kappa shape index (κ3) is 4.44. The van der Waals surface area contributed by atoms with Gasteiger partial charge in [-0.25, -0.2) is 0 Å². The minimum absolute atomic E-state index is 0.173. The fraction of sp³-hybridized carbons (Fsp3) is 0.0625. The Balaban J connectivity index is 1.90. The van der Waals surface area contributed by atoms with Crippen LogP contribution in [0.1, 0.15) is 5.56 Å². The normalized spacial score (nSPS) is 10.7. The number of aryl methyl sites for hydroxylation is 1. The van der Waals surface area contributed by atoms with Crippen molar-refractivity contribution in [1.82, 2.24) is 0 Å². The fourth-order valence-corrected chi connectivity index (χ4v) is 2.37. The highest BCUT2D eigenvalue weighted by Crippen LogP contribution is 2.20. The molecule has 1 N–H and O–H groups in total. The molecule has 4 heteroatoms. The van der Waals surface area contributed by atoms with E-state index in [2.05, 4.69) is 5.32 Å². The van der Waals surface area contributed by atoms with Crippen LogP contribution in [0.4, 0.5) is 5.69 Å². The molecule has 0 unspecified atom stereocenters. The summed E-state index contributed by atoms with van der Waals surface area (Å²) in [7, 11) is 0. The molecule has 2 aromatic carbocycles. The van der Waals surface area contributed by atoms with Crippen molar-refractivity contribution in [2.45, 2.75) is 11.8 Å². The van der Waals surface area contributed by atoms with Gasteiger partial charge in [0.25, 0.3) is 0 Å². The van der Waals surface area contributed by atoms with E-state index in [-0.39, 0.29) is 5.91 Å². The van der Waals surface area contributed by atoms with Crippen molar-refractivity contribution >= 4 is 35.0 Å². The molecule has 102 valence electrons. The molecule has 0 aliphatic carbocycles. The lowest BCUT2D eigenvalue weighted by Gasteiger charge is -2.04. The molecule has 0 fully saturated rings. The van der Waals surface area contributed by atoms with Crippen molar-refractivity contribution in [1.29, 1.82) is 0 Å². The molecule has 2 rings (SSSR count). The lowest BCUT2D eigenvalue weighted by molar-refractivity contribution is -0.111. The van der Waals surface area contributed by atoms with Gasteiger partial charge >= 0.3 is 0 Å². The highest BCUT2D eigenvalue weighted by atomic mass is 35.5. The zero-order valence-electron chi connectivity index (χ0n) is 11.0. The Morgan fingerprint density at radius 2 is 1.95 bits per heavy atom. The van der Waals surface area contributed by atoms with Gasteiger partial charge in [-0.1, -0.05) is 47.6 Å². The molecule has 20 heavy (non-hydrogen) atoms. The number of anilines is 1. The third-order valence-corrected chi connectivity index (χ3v) is 3.83. The average molecular weight is 304 g/mol. The predicted octanol–water partition coefficient (Wildman–Crippen LogP) is 4.89. The third-order valence-electron chi connectivity index (χ3n) is 2.61. The summed E-state index contributed by atoms with van der Waals surface area (Å²) in [5, 5.41) is 5.18. The second-order valence-electron chi connectivity index (χ2n) is 4.19. The first-order valence-corrected chi connectivity index (χ1v) is 7.36. The van der Waals surface area contributed by atoms with Crippen LogP contribution in [0.5, 0.6) is 0 Å². The Kier molecular flexibility index (Phi) is 5.27. The molecule has 0 aliphatic rings. The van der Waals surface area contributed by atoms with Gasteiger partial charge in [0.05, 0.1) is 0 Å². The van der Waals surface area contributed by atoms with Gasteiger partial charge < -0.3 is 5.32 Å². The number of hydrogen-bond acceptors (Lipinski definition) is 2. The lowest BCUT2D eigenvalue weighted by Crippen LogP contribution is -2.07. The highest BCUT2D eigenvalue weighted by Gasteiger charge is 2.00. The first kappa shape index (κ1) is 14.7. The number of carbonyl (C=O) groups is 1. The van der Waals surface area contributed by atoms with Crippen LogP contribution in [-0.2, 0) is 4.79 Å². The molecule has 1 amide bonds. The molecule has 0 atom stereocenters. The van der Waals surface area contributed by atoms with Crippen LogP contribution in [0, 0.1) is 6.92 Å². The monoisotopic (exact) mass is 303 g/mol. The summed E-state index contributed by atoms with van der Waals surface area (Å²) in [5.41, 5.74) is 1.68. The molecule has 0 radical (unpaired) electrons. The highest BCUT2D eigenvalue weighted by molar-refractivity contribution is 8.02. The van der Waals surface area contributed by atoms with E-state index < -0.39 is 0 Å². The largest absolute Gasteiger partial charge is 0.322 e. The van der Waals surface area contributed by atoms with Gasteiger partial charge in [0.15, 0.2) is 0 Å². The number of amides is 1. The van der Waals surface area contributed by atoms with Gasteiger partial charge in [-0.05, 0) is 42.2 Å². The maximum Gasteiger partial charge on any atom is 0.248 e. The Bertz CT molecular complexity index is 626. The van der Waals surface area contributed by atoms with Crippen LogP contribution in [0.25, 0.3) is 0 Å². The zero-order valence-corrected chi connectivity index (χ0v) is 12.5. The summed E-state index contributed by atoms with van der Waals surface area (Å²) in [6.45, 7) is 1.92. The number of carbonyl (C=O) groups excluding carboxylic acids is 1. The van der Waals surface area contributed by atoms with Crippen LogP contribution in [0.2, 0.25) is 5.02 Å². The minimum Gasteiger partial charge on any atom is -0.322 e.